The summed E-state index contributed by atoms with van der Waals surface area (Å²) in [4.78, 5) is 20.4. The van der Waals surface area contributed by atoms with E-state index in [2.05, 4.69) is 16.0 Å². The maximum absolute atomic E-state index is 12.0. The minimum absolute atomic E-state index is 0.0513. The third-order valence-corrected chi connectivity index (χ3v) is 4.59. The van der Waals surface area contributed by atoms with Crippen LogP contribution in [0.1, 0.15) is 18.4 Å². The Balaban J connectivity index is 1.60. The number of likely N-dealkylation sites (tertiary alicyclic amines) is 2. The molecule has 2 saturated heterocycles. The van der Waals surface area contributed by atoms with Gasteiger partial charge in [0.25, 0.3) is 0 Å². The molecular weight excluding hydrogens is 254 g/mol. The van der Waals surface area contributed by atoms with Gasteiger partial charge in [0, 0.05) is 31.9 Å². The van der Waals surface area contributed by atoms with Gasteiger partial charge < -0.3 is 9.64 Å². The molecule has 1 amide bonds. The van der Waals surface area contributed by atoms with Crippen molar-refractivity contribution in [1.29, 1.82) is 0 Å². The highest BCUT2D eigenvalue weighted by Gasteiger charge is 2.51. The largest absolute Gasteiger partial charge is 0.481 e. The number of rotatable bonds is 3. The molecule has 2 aliphatic rings. The van der Waals surface area contributed by atoms with Gasteiger partial charge in [0.05, 0.1) is 12.5 Å². The maximum Gasteiger partial charge on any atom is 0.230 e. The quantitative estimate of drug-likeness (QED) is 0.776. The molecule has 1 aromatic heterocycles. The predicted molar refractivity (Wildman–Crippen MR) is 75.4 cm³/mol. The molecule has 5 nitrogen and oxygen atoms in total. The molecule has 3 heterocycles. The van der Waals surface area contributed by atoms with E-state index in [-0.39, 0.29) is 5.41 Å². The van der Waals surface area contributed by atoms with E-state index < -0.39 is 0 Å². The summed E-state index contributed by atoms with van der Waals surface area (Å²) in [5, 5.41) is 0. The van der Waals surface area contributed by atoms with Crippen molar-refractivity contribution in [3.8, 4) is 5.88 Å². The van der Waals surface area contributed by atoms with Crippen LogP contribution in [0, 0.1) is 5.41 Å². The number of β-lactam (4-membered cyclic amide) rings is 1. The van der Waals surface area contributed by atoms with Gasteiger partial charge in [0.15, 0.2) is 0 Å². The summed E-state index contributed by atoms with van der Waals surface area (Å²) in [5.41, 5.74) is 1.06. The Morgan fingerprint density at radius 1 is 1.40 bits per heavy atom. The van der Waals surface area contributed by atoms with Crippen LogP contribution in [0.4, 0.5) is 0 Å². The third-order valence-electron chi connectivity index (χ3n) is 4.59. The SMILES string of the molecule is COc1ncccc1CN1CCC2(CC1)CN(C)C2=O. The molecule has 0 radical (unpaired) electrons. The van der Waals surface area contributed by atoms with Crippen molar-refractivity contribution < 1.29 is 9.53 Å². The first-order valence-corrected chi connectivity index (χ1v) is 7.10. The second-order valence-electron chi connectivity index (χ2n) is 5.89. The van der Waals surface area contributed by atoms with Crippen LogP contribution < -0.4 is 4.74 Å². The average molecular weight is 275 g/mol. The summed E-state index contributed by atoms with van der Waals surface area (Å²) in [5.74, 6) is 1.03. The average Bonchev–Trinajstić information content (AvgIpc) is 2.49. The van der Waals surface area contributed by atoms with E-state index in [1.165, 1.54) is 0 Å². The summed E-state index contributed by atoms with van der Waals surface area (Å²) in [6.45, 7) is 3.71. The van der Waals surface area contributed by atoms with Gasteiger partial charge in [-0.1, -0.05) is 6.07 Å². The zero-order chi connectivity index (χ0) is 14.2. The molecule has 0 aliphatic carbocycles. The van der Waals surface area contributed by atoms with E-state index in [4.69, 9.17) is 4.74 Å². The molecule has 0 atom stereocenters. The molecule has 5 heteroatoms. The maximum atomic E-state index is 12.0. The van der Waals surface area contributed by atoms with Gasteiger partial charge in [-0.2, -0.15) is 0 Å². The van der Waals surface area contributed by atoms with Gasteiger partial charge in [0.1, 0.15) is 0 Å². The molecule has 3 rings (SSSR count). The minimum Gasteiger partial charge on any atom is -0.481 e. The number of hydrogen-bond acceptors (Lipinski definition) is 4. The molecule has 2 aliphatic heterocycles. The first kappa shape index (κ1) is 13.4. The number of carbonyl (C=O) groups is 1. The zero-order valence-electron chi connectivity index (χ0n) is 12.1. The fraction of sp³-hybridized carbons (Fsp3) is 0.600. The van der Waals surface area contributed by atoms with Gasteiger partial charge in [0.2, 0.25) is 11.8 Å². The van der Waals surface area contributed by atoms with Gasteiger partial charge in [-0.15, -0.1) is 0 Å². The lowest BCUT2D eigenvalue weighted by Gasteiger charge is -2.51. The molecule has 1 spiro atoms. The highest BCUT2D eigenvalue weighted by molar-refractivity contribution is 5.88. The van der Waals surface area contributed by atoms with E-state index in [1.54, 1.807) is 13.3 Å². The number of pyridine rings is 1. The third kappa shape index (κ3) is 2.16. The zero-order valence-corrected chi connectivity index (χ0v) is 12.1. The van der Waals surface area contributed by atoms with Crippen molar-refractivity contribution in [2.45, 2.75) is 19.4 Å². The number of piperidine rings is 1. The summed E-state index contributed by atoms with van der Waals surface area (Å²) >= 11 is 0. The Hall–Kier alpha value is -1.62. The van der Waals surface area contributed by atoms with Crippen molar-refractivity contribution in [3.63, 3.8) is 0 Å². The van der Waals surface area contributed by atoms with Crippen LogP contribution in [0.15, 0.2) is 18.3 Å². The highest BCUT2D eigenvalue weighted by Crippen LogP contribution is 2.41. The number of methoxy groups -OCH3 is 1. The molecule has 1 aromatic rings. The molecule has 0 saturated carbocycles. The lowest BCUT2D eigenvalue weighted by Crippen LogP contribution is -2.63. The van der Waals surface area contributed by atoms with E-state index in [9.17, 15) is 4.79 Å². The molecule has 0 aromatic carbocycles. The molecule has 2 fully saturated rings. The van der Waals surface area contributed by atoms with Gasteiger partial charge in [-0.25, -0.2) is 4.98 Å². The topological polar surface area (TPSA) is 45.7 Å². The van der Waals surface area contributed by atoms with Crippen molar-refractivity contribution in [2.24, 2.45) is 5.41 Å². The Morgan fingerprint density at radius 3 is 2.75 bits per heavy atom. The second-order valence-corrected chi connectivity index (χ2v) is 5.89. The van der Waals surface area contributed by atoms with Crippen LogP contribution in [-0.4, -0.2) is 54.5 Å². The van der Waals surface area contributed by atoms with Gasteiger partial charge in [-0.3, -0.25) is 9.69 Å². The Labute approximate surface area is 119 Å². The summed E-state index contributed by atoms with van der Waals surface area (Å²) in [6, 6.07) is 3.99. The summed E-state index contributed by atoms with van der Waals surface area (Å²) in [6.07, 6.45) is 3.69. The van der Waals surface area contributed by atoms with E-state index >= 15 is 0 Å². The van der Waals surface area contributed by atoms with E-state index in [0.29, 0.717) is 11.8 Å². The standard InChI is InChI=1S/C15H21N3O2/c1-17-11-15(14(17)19)5-8-18(9-6-15)10-12-4-3-7-16-13(12)20-2/h3-4,7H,5-6,8-11H2,1-2H3. The molecule has 0 bridgehead atoms. The van der Waals surface area contributed by atoms with Crippen molar-refractivity contribution in [2.75, 3.05) is 33.8 Å². The van der Waals surface area contributed by atoms with Crippen LogP contribution in [0.5, 0.6) is 5.88 Å². The Bertz CT molecular complexity index is 510. The molecule has 0 N–H and O–H groups in total. The van der Waals surface area contributed by atoms with Crippen molar-refractivity contribution in [1.82, 2.24) is 14.8 Å². The van der Waals surface area contributed by atoms with Crippen molar-refractivity contribution >= 4 is 5.91 Å². The number of nitrogens with zero attached hydrogens (tertiary/aromatic N) is 3. The second kappa shape index (κ2) is 5.05. The van der Waals surface area contributed by atoms with Gasteiger partial charge >= 0.3 is 0 Å². The number of aromatic nitrogens is 1. The summed E-state index contributed by atoms with van der Waals surface area (Å²) in [7, 11) is 3.54. The lowest BCUT2D eigenvalue weighted by molar-refractivity contribution is -0.162. The van der Waals surface area contributed by atoms with Crippen LogP contribution >= 0.6 is 0 Å². The molecule has 0 unspecified atom stereocenters. The van der Waals surface area contributed by atoms with Gasteiger partial charge in [-0.05, 0) is 32.0 Å². The lowest BCUT2D eigenvalue weighted by atomic mass is 9.71. The number of carbonyl (C=O) groups excluding carboxylic acids is 1. The predicted octanol–water partition coefficient (Wildman–Crippen LogP) is 1.14. The minimum atomic E-state index is -0.0513. The molecular formula is C15H21N3O2. The molecule has 20 heavy (non-hydrogen) atoms. The molecule has 108 valence electrons. The van der Waals surface area contributed by atoms with Crippen molar-refractivity contribution in [3.05, 3.63) is 23.9 Å². The normalized spacial score (nSPS) is 21.9. The first-order valence-electron chi connectivity index (χ1n) is 7.10. The van der Waals surface area contributed by atoms with Crippen LogP contribution in [0.3, 0.4) is 0 Å². The first-order chi connectivity index (χ1) is 9.64. The fourth-order valence-corrected chi connectivity index (χ4v) is 3.39. The van der Waals surface area contributed by atoms with Crippen LogP contribution in [0.25, 0.3) is 0 Å². The Kier molecular flexibility index (Phi) is 3.38. The highest BCUT2D eigenvalue weighted by atomic mass is 16.5. The number of ether oxygens (including phenoxy) is 1. The monoisotopic (exact) mass is 275 g/mol. The van der Waals surface area contributed by atoms with E-state index in [0.717, 1.165) is 44.6 Å². The van der Waals surface area contributed by atoms with Crippen LogP contribution in [-0.2, 0) is 11.3 Å². The smallest absolute Gasteiger partial charge is 0.230 e. The van der Waals surface area contributed by atoms with E-state index in [1.807, 2.05) is 18.0 Å². The summed E-state index contributed by atoms with van der Waals surface area (Å²) < 4.78 is 5.29. The Morgan fingerprint density at radius 2 is 2.15 bits per heavy atom. The fourth-order valence-electron chi connectivity index (χ4n) is 3.39. The van der Waals surface area contributed by atoms with Crippen LogP contribution in [0.2, 0.25) is 0 Å². The number of hydrogen-bond donors (Lipinski definition) is 0. The number of amides is 1.